The number of hydrogen-bond acceptors (Lipinski definition) is 3. The Morgan fingerprint density at radius 3 is 2.71 bits per heavy atom. The molecule has 2 heterocycles. The van der Waals surface area contributed by atoms with Crippen molar-refractivity contribution in [2.24, 2.45) is 0 Å². The molecular formula is C17H14Cl2N2O3. The van der Waals surface area contributed by atoms with E-state index in [-0.39, 0.29) is 0 Å². The molecule has 0 atom stereocenters. The normalized spacial score (nSPS) is 14.4. The highest BCUT2D eigenvalue weighted by atomic mass is 35.5. The zero-order valence-electron chi connectivity index (χ0n) is 12.6. The molecule has 0 radical (unpaired) electrons. The Kier molecular flexibility index (Phi) is 3.90. The van der Waals surface area contributed by atoms with E-state index in [0.29, 0.717) is 34.6 Å². The van der Waals surface area contributed by atoms with Crippen LogP contribution in [0.1, 0.15) is 11.1 Å². The lowest BCUT2D eigenvalue weighted by Gasteiger charge is -2.15. The molecule has 2 aromatic carbocycles. The second-order valence-corrected chi connectivity index (χ2v) is 6.46. The minimum Gasteiger partial charge on any atom is -0.493 e. The summed E-state index contributed by atoms with van der Waals surface area (Å²) in [5.74, 6) is 1.55. The maximum Gasteiger partial charge on any atom is 0.323 e. The van der Waals surface area contributed by atoms with Crippen molar-refractivity contribution in [3.8, 4) is 11.5 Å². The van der Waals surface area contributed by atoms with Gasteiger partial charge in [-0.15, -0.1) is 0 Å². The van der Waals surface area contributed by atoms with E-state index in [1.54, 1.807) is 18.2 Å². The zero-order chi connectivity index (χ0) is 16.7. The van der Waals surface area contributed by atoms with Crippen molar-refractivity contribution in [3.05, 3.63) is 45.4 Å². The van der Waals surface area contributed by atoms with E-state index in [4.69, 9.17) is 32.7 Å². The van der Waals surface area contributed by atoms with Gasteiger partial charge in [-0.1, -0.05) is 23.2 Å². The Labute approximate surface area is 148 Å². The van der Waals surface area contributed by atoms with Crippen LogP contribution in [0.4, 0.5) is 16.2 Å². The number of amides is 2. The van der Waals surface area contributed by atoms with Gasteiger partial charge in [-0.3, -0.25) is 0 Å². The van der Waals surface area contributed by atoms with Gasteiger partial charge in [0.05, 0.1) is 29.6 Å². The molecule has 0 saturated carbocycles. The fourth-order valence-electron chi connectivity index (χ4n) is 2.98. The van der Waals surface area contributed by atoms with Crippen molar-refractivity contribution in [2.75, 3.05) is 23.8 Å². The first-order valence-corrected chi connectivity index (χ1v) is 8.35. The molecular weight excluding hydrogens is 351 g/mol. The van der Waals surface area contributed by atoms with Crippen molar-refractivity contribution in [1.82, 2.24) is 0 Å². The van der Waals surface area contributed by atoms with Crippen LogP contribution in [0.3, 0.4) is 0 Å². The maximum atomic E-state index is 12.4. The number of fused-ring (bicyclic) bond motifs is 2. The van der Waals surface area contributed by atoms with Crippen LogP contribution in [0.25, 0.3) is 0 Å². The van der Waals surface area contributed by atoms with Crippen molar-refractivity contribution in [3.63, 3.8) is 0 Å². The van der Waals surface area contributed by atoms with Gasteiger partial charge < -0.3 is 20.1 Å². The van der Waals surface area contributed by atoms with E-state index in [9.17, 15) is 4.79 Å². The summed E-state index contributed by atoms with van der Waals surface area (Å²) in [6, 6.07) is 6.51. The number of ether oxygens (including phenoxy) is 2. The van der Waals surface area contributed by atoms with Gasteiger partial charge in [0.1, 0.15) is 11.5 Å². The summed E-state index contributed by atoms with van der Waals surface area (Å²) in [5.41, 5.74) is 3.18. The third-order valence-electron chi connectivity index (χ3n) is 4.07. The van der Waals surface area contributed by atoms with Gasteiger partial charge in [0, 0.05) is 29.0 Å². The monoisotopic (exact) mass is 364 g/mol. The summed E-state index contributed by atoms with van der Waals surface area (Å²) in [5, 5.41) is 6.50. The summed E-state index contributed by atoms with van der Waals surface area (Å²) in [6.45, 7) is 1.22. The average Bonchev–Trinajstić information content (AvgIpc) is 3.18. The number of carbonyl (C=O) groups excluding carboxylic acids is 1. The molecule has 2 aliphatic heterocycles. The lowest BCUT2D eigenvalue weighted by molar-refractivity contribution is 0.262. The number of carbonyl (C=O) groups is 1. The molecule has 0 saturated heterocycles. The van der Waals surface area contributed by atoms with Crippen LogP contribution in [-0.4, -0.2) is 19.2 Å². The summed E-state index contributed by atoms with van der Waals surface area (Å²) in [6.07, 6.45) is 1.55. The number of benzene rings is 2. The van der Waals surface area contributed by atoms with Crippen LogP contribution in [0.5, 0.6) is 11.5 Å². The molecule has 2 N–H and O–H groups in total. The molecule has 2 amide bonds. The molecule has 0 unspecified atom stereocenters. The van der Waals surface area contributed by atoms with Crippen LogP contribution in [0, 0.1) is 0 Å². The summed E-state index contributed by atoms with van der Waals surface area (Å²) < 4.78 is 11.3. The number of halogens is 2. The van der Waals surface area contributed by atoms with Gasteiger partial charge in [-0.25, -0.2) is 4.79 Å². The van der Waals surface area contributed by atoms with Crippen molar-refractivity contribution in [2.45, 2.75) is 12.8 Å². The lowest BCUT2D eigenvalue weighted by Crippen LogP contribution is -2.20. The minimum absolute atomic E-state index is 0.376. The first-order valence-electron chi connectivity index (χ1n) is 7.59. The number of rotatable bonds is 2. The minimum atomic E-state index is -0.391. The molecule has 2 aromatic rings. The van der Waals surface area contributed by atoms with E-state index < -0.39 is 6.03 Å². The molecule has 5 nitrogen and oxygen atoms in total. The van der Waals surface area contributed by atoms with Crippen LogP contribution < -0.4 is 20.1 Å². The molecule has 2 aliphatic rings. The molecule has 0 fully saturated rings. The van der Waals surface area contributed by atoms with Crippen molar-refractivity contribution < 1.29 is 14.3 Å². The molecule has 0 aromatic heterocycles. The van der Waals surface area contributed by atoms with Crippen LogP contribution in [0.15, 0.2) is 24.3 Å². The Morgan fingerprint density at radius 1 is 1.04 bits per heavy atom. The second-order valence-electron chi connectivity index (χ2n) is 5.62. The molecule has 0 aliphatic carbocycles. The van der Waals surface area contributed by atoms with Crippen LogP contribution >= 0.6 is 23.2 Å². The van der Waals surface area contributed by atoms with E-state index in [1.807, 2.05) is 6.07 Å². The molecule has 24 heavy (non-hydrogen) atoms. The summed E-state index contributed by atoms with van der Waals surface area (Å²) >= 11 is 12.0. The number of anilines is 2. The SMILES string of the molecule is O=C(Nc1ccc(Cl)cc1Cl)Nc1c2c(cc3c1OCC3)OCC2. The fraction of sp³-hybridized carbons (Fsp3) is 0.235. The Hall–Kier alpha value is -2.11. The molecule has 7 heteroatoms. The Balaban J connectivity index is 1.60. The van der Waals surface area contributed by atoms with E-state index in [0.717, 1.165) is 35.5 Å². The quantitative estimate of drug-likeness (QED) is 0.824. The summed E-state index contributed by atoms with van der Waals surface area (Å²) in [7, 11) is 0. The third-order valence-corrected chi connectivity index (χ3v) is 4.62. The number of hydrogen-bond donors (Lipinski definition) is 2. The largest absolute Gasteiger partial charge is 0.493 e. The van der Waals surface area contributed by atoms with Gasteiger partial charge in [-0.2, -0.15) is 0 Å². The number of nitrogens with one attached hydrogen (secondary N) is 2. The van der Waals surface area contributed by atoms with Crippen molar-refractivity contribution in [1.29, 1.82) is 0 Å². The molecule has 0 spiro atoms. The predicted octanol–water partition coefficient (Wildman–Crippen LogP) is 4.51. The smallest absolute Gasteiger partial charge is 0.323 e. The highest BCUT2D eigenvalue weighted by Crippen LogP contribution is 2.44. The number of urea groups is 1. The standard InChI is InChI=1S/C17H14Cl2N2O3/c18-10-1-2-13(12(19)8-10)20-17(22)21-15-11-4-6-23-14(11)7-9-3-5-24-16(9)15/h1-2,7-8H,3-6H2,(H2,20,21,22). The van der Waals surface area contributed by atoms with Gasteiger partial charge in [0.2, 0.25) is 0 Å². The molecule has 4 rings (SSSR count). The van der Waals surface area contributed by atoms with E-state index in [1.165, 1.54) is 0 Å². The van der Waals surface area contributed by atoms with Gasteiger partial charge in [0.15, 0.2) is 0 Å². The van der Waals surface area contributed by atoms with Gasteiger partial charge >= 0.3 is 6.03 Å². The Morgan fingerprint density at radius 2 is 1.88 bits per heavy atom. The predicted molar refractivity (Wildman–Crippen MR) is 93.9 cm³/mol. The highest BCUT2D eigenvalue weighted by Gasteiger charge is 2.27. The van der Waals surface area contributed by atoms with Crippen molar-refractivity contribution >= 4 is 40.6 Å². The van der Waals surface area contributed by atoms with E-state index in [2.05, 4.69) is 10.6 Å². The lowest BCUT2D eigenvalue weighted by atomic mass is 10.0. The molecule has 0 bridgehead atoms. The second kappa shape index (κ2) is 6.07. The van der Waals surface area contributed by atoms with E-state index >= 15 is 0 Å². The third kappa shape index (κ3) is 2.74. The topological polar surface area (TPSA) is 59.6 Å². The first-order chi connectivity index (χ1) is 11.6. The Bertz CT molecular complexity index is 807. The molecule has 124 valence electrons. The highest BCUT2D eigenvalue weighted by molar-refractivity contribution is 6.36. The van der Waals surface area contributed by atoms with Crippen LogP contribution in [0.2, 0.25) is 10.0 Å². The summed E-state index contributed by atoms with van der Waals surface area (Å²) in [4.78, 5) is 12.4. The van der Waals surface area contributed by atoms with Gasteiger partial charge in [-0.05, 0) is 24.3 Å². The van der Waals surface area contributed by atoms with Gasteiger partial charge in [0.25, 0.3) is 0 Å². The first kappa shape index (κ1) is 15.4. The fourth-order valence-corrected chi connectivity index (χ4v) is 3.43. The maximum absolute atomic E-state index is 12.4. The van der Waals surface area contributed by atoms with Crippen LogP contribution in [-0.2, 0) is 12.8 Å². The zero-order valence-corrected chi connectivity index (χ0v) is 14.1. The average molecular weight is 365 g/mol.